The number of ether oxygens (including phenoxy) is 1. The highest BCUT2D eigenvalue weighted by atomic mass is 16.5. The minimum atomic E-state index is -0.282. The molecule has 1 saturated carbocycles. The quantitative estimate of drug-likeness (QED) is 0.615. The summed E-state index contributed by atoms with van der Waals surface area (Å²) in [6, 6.07) is 8.03. The van der Waals surface area contributed by atoms with Gasteiger partial charge in [0, 0.05) is 31.1 Å². The van der Waals surface area contributed by atoms with Crippen molar-refractivity contribution in [2.75, 3.05) is 13.1 Å². The molecular weight excluding hydrogens is 420 g/mol. The molecule has 1 unspecified atom stereocenters. The second kappa shape index (κ2) is 7.56. The van der Waals surface area contributed by atoms with Crippen LogP contribution in [0, 0.1) is 23.2 Å². The monoisotopic (exact) mass is 448 g/mol. The topological polar surface area (TPSA) is 93.9 Å². The number of amides is 2. The highest BCUT2D eigenvalue weighted by Gasteiger charge is 2.56. The average molecular weight is 449 g/mol. The van der Waals surface area contributed by atoms with Gasteiger partial charge < -0.3 is 14.5 Å². The molecule has 8 nitrogen and oxygen atoms in total. The molecule has 2 amide bonds. The third kappa shape index (κ3) is 3.17. The fourth-order valence-electron chi connectivity index (χ4n) is 6.86. The van der Waals surface area contributed by atoms with Crippen LogP contribution in [0.5, 0.6) is 5.75 Å². The number of aryl methyl sites for hydroxylation is 1. The van der Waals surface area contributed by atoms with E-state index in [4.69, 9.17) is 4.74 Å². The van der Waals surface area contributed by atoms with Gasteiger partial charge >= 0.3 is 0 Å². The van der Waals surface area contributed by atoms with Crippen molar-refractivity contribution in [1.29, 1.82) is 5.26 Å². The van der Waals surface area contributed by atoms with E-state index in [1.54, 1.807) is 6.07 Å². The van der Waals surface area contributed by atoms with E-state index >= 15 is 0 Å². The molecular formula is C25H28N4O4. The molecule has 1 aromatic rings. The lowest BCUT2D eigenvalue weighted by molar-refractivity contribution is -0.142. The van der Waals surface area contributed by atoms with Gasteiger partial charge in [0.2, 0.25) is 11.8 Å². The maximum absolute atomic E-state index is 13.4. The average Bonchev–Trinajstić information content (AvgIpc) is 3.15. The van der Waals surface area contributed by atoms with Crippen LogP contribution in [0.2, 0.25) is 0 Å². The first-order valence-corrected chi connectivity index (χ1v) is 12.0. The number of hydrogen-bond acceptors (Lipinski definition) is 6. The predicted octanol–water partition coefficient (Wildman–Crippen LogP) is 1.64. The molecule has 7 atom stereocenters. The van der Waals surface area contributed by atoms with Crippen LogP contribution in [0.3, 0.4) is 0 Å². The van der Waals surface area contributed by atoms with Crippen molar-refractivity contribution >= 4 is 18.3 Å². The van der Waals surface area contributed by atoms with Crippen LogP contribution in [0.1, 0.15) is 49.8 Å². The van der Waals surface area contributed by atoms with E-state index < -0.39 is 0 Å². The Morgan fingerprint density at radius 1 is 1.30 bits per heavy atom. The summed E-state index contributed by atoms with van der Waals surface area (Å²) in [4.78, 5) is 43.2. The number of rotatable bonds is 6. The highest BCUT2D eigenvalue weighted by molar-refractivity contribution is 5.87. The number of nitriles is 1. The summed E-state index contributed by atoms with van der Waals surface area (Å²) < 4.78 is 4.98. The van der Waals surface area contributed by atoms with Gasteiger partial charge in [0.05, 0.1) is 18.2 Å². The van der Waals surface area contributed by atoms with E-state index in [0.29, 0.717) is 24.7 Å². The molecule has 0 aromatic heterocycles. The Morgan fingerprint density at radius 2 is 2.15 bits per heavy atom. The van der Waals surface area contributed by atoms with Gasteiger partial charge in [-0.1, -0.05) is 13.0 Å². The molecule has 3 aliphatic heterocycles. The van der Waals surface area contributed by atoms with Crippen molar-refractivity contribution in [3.8, 4) is 11.8 Å². The van der Waals surface area contributed by atoms with Crippen molar-refractivity contribution in [2.45, 2.75) is 69.2 Å². The number of piperazine rings is 1. The number of piperidine rings is 1. The fourth-order valence-corrected chi connectivity index (χ4v) is 6.86. The molecule has 2 aliphatic carbocycles. The minimum absolute atomic E-state index is 0.0664. The van der Waals surface area contributed by atoms with Crippen molar-refractivity contribution in [2.24, 2.45) is 11.8 Å². The lowest BCUT2D eigenvalue weighted by Crippen LogP contribution is -2.53. The van der Waals surface area contributed by atoms with Crippen LogP contribution >= 0.6 is 0 Å². The Hall–Kier alpha value is -2.92. The van der Waals surface area contributed by atoms with Crippen LogP contribution in [0.15, 0.2) is 18.2 Å². The molecule has 2 bridgehead atoms. The van der Waals surface area contributed by atoms with Crippen LogP contribution in [0.25, 0.3) is 0 Å². The van der Waals surface area contributed by atoms with E-state index in [1.165, 1.54) is 0 Å². The number of hydrogen-bond donors (Lipinski definition) is 0. The molecule has 0 spiro atoms. The van der Waals surface area contributed by atoms with E-state index in [1.807, 2.05) is 24.0 Å². The summed E-state index contributed by atoms with van der Waals surface area (Å²) in [7, 11) is 0. The van der Waals surface area contributed by atoms with Gasteiger partial charge in [0.1, 0.15) is 11.8 Å². The van der Waals surface area contributed by atoms with E-state index in [-0.39, 0.29) is 47.9 Å². The SMILES string of the molecule is C[C@@H](CN1C[C@H]2C[C@@H]1C(=O)N2[C@@H]1CCc2cc(OC=O)ccc21)C(=O)N1C2C[C@H]2C[C@H]1C#N. The first kappa shape index (κ1) is 20.7. The number of benzene rings is 1. The van der Waals surface area contributed by atoms with Crippen molar-refractivity contribution in [1.82, 2.24) is 14.7 Å². The number of carbonyl (C=O) groups is 3. The van der Waals surface area contributed by atoms with Crippen LogP contribution < -0.4 is 4.74 Å². The van der Waals surface area contributed by atoms with Gasteiger partial charge in [-0.05, 0) is 61.3 Å². The fraction of sp³-hybridized carbons (Fsp3) is 0.600. The Kier molecular flexibility index (Phi) is 4.73. The van der Waals surface area contributed by atoms with E-state index in [2.05, 4.69) is 15.9 Å². The maximum atomic E-state index is 13.4. The standard InChI is InChI=1S/C25H28N4O4/c1-14(24(31)28-17(10-26)6-16-8-22(16)28)11-27-12-18-9-23(27)25(32)29(18)21-5-2-15-7-19(33-13-30)3-4-20(15)21/h3-4,7,13-14,16-18,21-23H,2,5-6,8-9,11-12H2,1H3/t14-,16+,17-,18+,21+,22?,23+/m0/s1. The summed E-state index contributed by atoms with van der Waals surface area (Å²) >= 11 is 0. The maximum Gasteiger partial charge on any atom is 0.298 e. The molecule has 3 saturated heterocycles. The molecule has 3 heterocycles. The van der Waals surface area contributed by atoms with Gasteiger partial charge in [-0.3, -0.25) is 19.3 Å². The zero-order valence-corrected chi connectivity index (χ0v) is 18.7. The Labute approximate surface area is 193 Å². The van der Waals surface area contributed by atoms with Crippen molar-refractivity contribution in [3.63, 3.8) is 0 Å². The lowest BCUT2D eigenvalue weighted by atomic mass is 10.0. The molecule has 172 valence electrons. The van der Waals surface area contributed by atoms with E-state index in [9.17, 15) is 19.6 Å². The lowest BCUT2D eigenvalue weighted by Gasteiger charge is -2.39. The summed E-state index contributed by atoms with van der Waals surface area (Å²) in [5.74, 6) is 1.06. The zero-order valence-electron chi connectivity index (χ0n) is 18.7. The summed E-state index contributed by atoms with van der Waals surface area (Å²) in [5, 5.41) is 9.43. The number of nitrogens with zero attached hydrogens (tertiary/aromatic N) is 4. The molecule has 4 fully saturated rings. The van der Waals surface area contributed by atoms with Gasteiger partial charge in [-0.15, -0.1) is 0 Å². The molecule has 5 aliphatic rings. The van der Waals surface area contributed by atoms with Gasteiger partial charge in [-0.25, -0.2) is 0 Å². The largest absolute Gasteiger partial charge is 0.429 e. The molecule has 0 radical (unpaired) electrons. The summed E-state index contributed by atoms with van der Waals surface area (Å²) in [5.41, 5.74) is 2.29. The van der Waals surface area contributed by atoms with Crippen molar-refractivity contribution in [3.05, 3.63) is 29.3 Å². The van der Waals surface area contributed by atoms with Crippen LogP contribution in [0.4, 0.5) is 0 Å². The molecule has 0 N–H and O–H groups in total. The van der Waals surface area contributed by atoms with Gasteiger partial charge in [0.15, 0.2) is 0 Å². The number of carbonyl (C=O) groups excluding carboxylic acids is 3. The number of fused-ring (bicyclic) bond motifs is 4. The van der Waals surface area contributed by atoms with Gasteiger partial charge in [-0.2, -0.15) is 5.26 Å². The molecule has 8 heteroatoms. The predicted molar refractivity (Wildman–Crippen MR) is 117 cm³/mol. The third-order valence-electron chi connectivity index (χ3n) is 8.43. The van der Waals surface area contributed by atoms with Crippen molar-refractivity contribution < 1.29 is 19.1 Å². The normalized spacial score (nSPS) is 34.7. The Morgan fingerprint density at radius 3 is 2.91 bits per heavy atom. The Balaban J connectivity index is 1.12. The van der Waals surface area contributed by atoms with Gasteiger partial charge in [0.25, 0.3) is 6.47 Å². The summed E-state index contributed by atoms with van der Waals surface area (Å²) in [6.45, 7) is 3.73. The number of likely N-dealkylation sites (tertiary alicyclic amines) is 3. The highest BCUT2D eigenvalue weighted by Crippen LogP contribution is 2.48. The second-order valence-corrected chi connectivity index (χ2v) is 10.3. The Bertz CT molecular complexity index is 1070. The molecule has 33 heavy (non-hydrogen) atoms. The first-order valence-electron chi connectivity index (χ1n) is 12.0. The molecule has 1 aromatic carbocycles. The summed E-state index contributed by atoms with van der Waals surface area (Å²) in [6.07, 6.45) is 4.41. The zero-order chi connectivity index (χ0) is 22.9. The third-order valence-corrected chi connectivity index (χ3v) is 8.43. The second-order valence-electron chi connectivity index (χ2n) is 10.3. The van der Waals surface area contributed by atoms with Crippen LogP contribution in [-0.2, 0) is 20.8 Å². The smallest absolute Gasteiger partial charge is 0.298 e. The van der Waals surface area contributed by atoms with E-state index in [0.717, 1.165) is 49.8 Å². The van der Waals surface area contributed by atoms with Crippen LogP contribution in [-0.4, -0.2) is 70.2 Å². The minimum Gasteiger partial charge on any atom is -0.429 e. The molecule has 6 rings (SSSR count). The first-order chi connectivity index (χ1) is 16.0.